The lowest BCUT2D eigenvalue weighted by molar-refractivity contribution is 0.103. The van der Waals surface area contributed by atoms with Gasteiger partial charge in [0.05, 0.1) is 11.2 Å². The van der Waals surface area contributed by atoms with Crippen LogP contribution in [0.3, 0.4) is 0 Å². The Bertz CT molecular complexity index is 440. The molecule has 0 amide bonds. The first-order valence-electron chi connectivity index (χ1n) is 8.27. The standard InChI is InChI=1S/C17H30N2S/c1-6-11-18-17(10-8-9-12(3)13(17)4)16-19-15(7-2)14(5)20-16/h12-13,18H,6-11H2,1-5H3. The molecule has 3 unspecified atom stereocenters. The minimum atomic E-state index is 0.122. The number of hydrogen-bond donors (Lipinski definition) is 1. The summed E-state index contributed by atoms with van der Waals surface area (Å²) in [5, 5.41) is 5.24. The molecule has 0 radical (unpaired) electrons. The van der Waals surface area contributed by atoms with E-state index in [0.29, 0.717) is 5.92 Å². The quantitative estimate of drug-likeness (QED) is 0.854. The maximum absolute atomic E-state index is 5.02. The predicted molar refractivity (Wildman–Crippen MR) is 88.4 cm³/mol. The fourth-order valence-corrected chi connectivity index (χ4v) is 4.88. The van der Waals surface area contributed by atoms with Crippen molar-refractivity contribution in [1.82, 2.24) is 10.3 Å². The molecule has 1 aliphatic carbocycles. The zero-order valence-corrected chi connectivity index (χ0v) is 14.6. The van der Waals surface area contributed by atoms with Crippen molar-refractivity contribution in [3.63, 3.8) is 0 Å². The summed E-state index contributed by atoms with van der Waals surface area (Å²) >= 11 is 1.93. The summed E-state index contributed by atoms with van der Waals surface area (Å²) in [6.07, 6.45) is 6.17. The van der Waals surface area contributed by atoms with Crippen LogP contribution in [0.1, 0.15) is 69.0 Å². The average Bonchev–Trinajstić information content (AvgIpc) is 2.82. The highest BCUT2D eigenvalue weighted by Crippen LogP contribution is 2.46. The van der Waals surface area contributed by atoms with E-state index in [2.05, 4.69) is 39.9 Å². The van der Waals surface area contributed by atoms with E-state index in [-0.39, 0.29) is 5.54 Å². The van der Waals surface area contributed by atoms with Gasteiger partial charge in [0.2, 0.25) is 0 Å². The number of thiazole rings is 1. The molecule has 1 aromatic rings. The number of aryl methyl sites for hydroxylation is 2. The molecule has 0 saturated heterocycles. The van der Waals surface area contributed by atoms with E-state index in [1.54, 1.807) is 0 Å². The van der Waals surface area contributed by atoms with Gasteiger partial charge in [-0.2, -0.15) is 0 Å². The molecule has 0 aliphatic heterocycles. The molecule has 1 heterocycles. The third-order valence-electron chi connectivity index (χ3n) is 5.16. The summed E-state index contributed by atoms with van der Waals surface area (Å²) in [6.45, 7) is 12.6. The molecular formula is C17H30N2S. The summed E-state index contributed by atoms with van der Waals surface area (Å²) in [5.41, 5.74) is 1.42. The second-order valence-corrected chi connectivity index (χ2v) is 7.63. The number of rotatable bonds is 5. The molecular weight excluding hydrogens is 264 g/mol. The number of nitrogens with one attached hydrogen (secondary N) is 1. The fraction of sp³-hybridized carbons (Fsp3) is 0.824. The van der Waals surface area contributed by atoms with E-state index in [1.807, 2.05) is 11.3 Å². The van der Waals surface area contributed by atoms with Gasteiger partial charge >= 0.3 is 0 Å². The van der Waals surface area contributed by atoms with Gasteiger partial charge in [0, 0.05) is 4.88 Å². The van der Waals surface area contributed by atoms with Crippen molar-refractivity contribution < 1.29 is 0 Å². The Labute approximate surface area is 128 Å². The Morgan fingerprint density at radius 2 is 2.10 bits per heavy atom. The van der Waals surface area contributed by atoms with Crippen molar-refractivity contribution >= 4 is 11.3 Å². The molecule has 114 valence electrons. The van der Waals surface area contributed by atoms with Crippen molar-refractivity contribution in [2.45, 2.75) is 72.3 Å². The van der Waals surface area contributed by atoms with Crippen LogP contribution in [0.15, 0.2) is 0 Å². The zero-order valence-electron chi connectivity index (χ0n) is 13.8. The van der Waals surface area contributed by atoms with E-state index >= 15 is 0 Å². The Kier molecular flexibility index (Phi) is 5.25. The highest BCUT2D eigenvalue weighted by Gasteiger charge is 2.44. The molecule has 1 aliphatic rings. The SMILES string of the molecule is CCCNC1(c2nc(CC)c(C)s2)CCCC(C)C1C. The van der Waals surface area contributed by atoms with Gasteiger partial charge in [-0.15, -0.1) is 11.3 Å². The van der Waals surface area contributed by atoms with Crippen molar-refractivity contribution in [1.29, 1.82) is 0 Å². The highest BCUT2D eigenvalue weighted by atomic mass is 32.1. The van der Waals surface area contributed by atoms with E-state index < -0.39 is 0 Å². The minimum Gasteiger partial charge on any atom is -0.305 e. The Hall–Kier alpha value is -0.410. The van der Waals surface area contributed by atoms with Crippen LogP contribution in [0.25, 0.3) is 0 Å². The van der Waals surface area contributed by atoms with E-state index in [9.17, 15) is 0 Å². The first kappa shape index (κ1) is 16.0. The first-order chi connectivity index (χ1) is 9.55. The largest absolute Gasteiger partial charge is 0.305 e. The zero-order chi connectivity index (χ0) is 14.8. The smallest absolute Gasteiger partial charge is 0.114 e. The maximum Gasteiger partial charge on any atom is 0.114 e. The molecule has 20 heavy (non-hydrogen) atoms. The van der Waals surface area contributed by atoms with Crippen molar-refractivity contribution in [2.24, 2.45) is 11.8 Å². The van der Waals surface area contributed by atoms with Crippen LogP contribution < -0.4 is 5.32 Å². The maximum atomic E-state index is 5.02. The second kappa shape index (κ2) is 6.57. The van der Waals surface area contributed by atoms with E-state index in [4.69, 9.17) is 4.98 Å². The van der Waals surface area contributed by atoms with Crippen molar-refractivity contribution in [3.8, 4) is 0 Å². The van der Waals surface area contributed by atoms with Gasteiger partial charge in [0.25, 0.3) is 0 Å². The van der Waals surface area contributed by atoms with E-state index in [1.165, 1.54) is 41.3 Å². The van der Waals surface area contributed by atoms with Gasteiger partial charge in [-0.1, -0.05) is 40.5 Å². The molecule has 2 rings (SSSR count). The third kappa shape index (κ3) is 2.80. The van der Waals surface area contributed by atoms with Crippen LogP contribution in [-0.2, 0) is 12.0 Å². The average molecular weight is 295 g/mol. The topological polar surface area (TPSA) is 24.9 Å². The molecule has 2 nitrogen and oxygen atoms in total. The molecule has 0 spiro atoms. The summed E-state index contributed by atoms with van der Waals surface area (Å²) < 4.78 is 0. The van der Waals surface area contributed by atoms with Gasteiger partial charge in [-0.05, 0) is 44.6 Å². The van der Waals surface area contributed by atoms with Crippen molar-refractivity contribution in [2.75, 3.05) is 6.54 Å². The molecule has 0 aromatic carbocycles. The lowest BCUT2D eigenvalue weighted by Gasteiger charge is -2.45. The van der Waals surface area contributed by atoms with Gasteiger partial charge in [0.15, 0.2) is 0 Å². The van der Waals surface area contributed by atoms with Gasteiger partial charge in [-0.25, -0.2) is 4.98 Å². The van der Waals surface area contributed by atoms with Crippen LogP contribution in [0, 0.1) is 18.8 Å². The molecule has 1 aromatic heterocycles. The normalized spacial score (nSPS) is 30.6. The fourth-order valence-electron chi connectivity index (χ4n) is 3.59. The van der Waals surface area contributed by atoms with Gasteiger partial charge < -0.3 is 5.32 Å². The molecule has 1 saturated carbocycles. The Morgan fingerprint density at radius 1 is 1.35 bits per heavy atom. The lowest BCUT2D eigenvalue weighted by atomic mass is 9.68. The van der Waals surface area contributed by atoms with Gasteiger partial charge in [-0.3, -0.25) is 0 Å². The lowest BCUT2D eigenvalue weighted by Crippen LogP contribution is -2.52. The predicted octanol–water partition coefficient (Wildman–Crippen LogP) is 4.66. The molecule has 3 heteroatoms. The monoisotopic (exact) mass is 294 g/mol. The van der Waals surface area contributed by atoms with Crippen LogP contribution >= 0.6 is 11.3 Å². The van der Waals surface area contributed by atoms with Crippen molar-refractivity contribution in [3.05, 3.63) is 15.6 Å². The minimum absolute atomic E-state index is 0.122. The molecule has 1 fully saturated rings. The Balaban J connectivity index is 2.39. The van der Waals surface area contributed by atoms with E-state index in [0.717, 1.165) is 18.9 Å². The van der Waals surface area contributed by atoms with Crippen LogP contribution in [0.2, 0.25) is 0 Å². The van der Waals surface area contributed by atoms with Crippen LogP contribution in [0.5, 0.6) is 0 Å². The summed E-state index contributed by atoms with van der Waals surface area (Å²) in [4.78, 5) is 6.43. The summed E-state index contributed by atoms with van der Waals surface area (Å²) in [7, 11) is 0. The number of aromatic nitrogens is 1. The second-order valence-electron chi connectivity index (χ2n) is 6.43. The van der Waals surface area contributed by atoms with Crippen LogP contribution in [0.4, 0.5) is 0 Å². The number of hydrogen-bond acceptors (Lipinski definition) is 3. The summed E-state index contributed by atoms with van der Waals surface area (Å²) in [6, 6.07) is 0. The highest BCUT2D eigenvalue weighted by molar-refractivity contribution is 7.11. The molecule has 0 bridgehead atoms. The summed E-state index contributed by atoms with van der Waals surface area (Å²) in [5.74, 6) is 1.44. The Morgan fingerprint density at radius 3 is 2.70 bits per heavy atom. The number of nitrogens with zero attached hydrogens (tertiary/aromatic N) is 1. The van der Waals surface area contributed by atoms with Gasteiger partial charge in [0.1, 0.15) is 5.01 Å². The third-order valence-corrected chi connectivity index (χ3v) is 6.35. The molecule has 1 N–H and O–H groups in total. The molecule has 3 atom stereocenters. The first-order valence-corrected chi connectivity index (χ1v) is 9.08. The van der Waals surface area contributed by atoms with Crippen LogP contribution in [-0.4, -0.2) is 11.5 Å².